The summed E-state index contributed by atoms with van der Waals surface area (Å²) in [6, 6.07) is 15.3. The minimum atomic E-state index is -1.07. The van der Waals surface area contributed by atoms with Crippen molar-refractivity contribution >= 4 is 23.4 Å². The summed E-state index contributed by atoms with van der Waals surface area (Å²) < 4.78 is 24.3. The van der Waals surface area contributed by atoms with Crippen molar-refractivity contribution in [3.05, 3.63) is 89.2 Å². The van der Waals surface area contributed by atoms with Crippen LogP contribution in [0.2, 0.25) is 0 Å². The van der Waals surface area contributed by atoms with Gasteiger partial charge in [-0.05, 0) is 42.0 Å². The lowest BCUT2D eigenvalue weighted by molar-refractivity contribution is -0.130. The van der Waals surface area contributed by atoms with Gasteiger partial charge in [0.1, 0.15) is 23.4 Å². The van der Waals surface area contributed by atoms with Gasteiger partial charge in [-0.3, -0.25) is 24.2 Å². The molecule has 0 radical (unpaired) electrons. The molecule has 166 valence electrons. The number of amides is 3. The number of ether oxygens (including phenoxy) is 2. The second-order valence-electron chi connectivity index (χ2n) is 7.71. The van der Waals surface area contributed by atoms with Crippen LogP contribution in [0.25, 0.3) is 0 Å². The summed E-state index contributed by atoms with van der Waals surface area (Å²) in [5.41, 5.74) is 1.54. The molecule has 2 aliphatic heterocycles. The number of carbonyl (C=O) groups excluding carboxylic acids is 3. The molecule has 0 aromatic heterocycles. The van der Waals surface area contributed by atoms with Crippen LogP contribution in [0.5, 0.6) is 11.5 Å². The fraction of sp³-hybridized carbons (Fsp3) is 0.160. The van der Waals surface area contributed by atoms with E-state index in [1.165, 1.54) is 31.3 Å². The maximum Gasteiger partial charge on any atom is 0.262 e. The number of methoxy groups -OCH3 is 2. The third-order valence-electron chi connectivity index (χ3n) is 6.03. The van der Waals surface area contributed by atoms with Crippen molar-refractivity contribution in [3.8, 4) is 11.5 Å². The Balaban J connectivity index is 1.60. The predicted molar refractivity (Wildman–Crippen MR) is 117 cm³/mol. The molecule has 2 aliphatic rings. The lowest BCUT2D eigenvalue weighted by Crippen LogP contribution is -2.67. The number of benzene rings is 3. The number of anilines is 1. The molecule has 0 N–H and O–H groups in total. The number of halogens is 1. The molecule has 0 saturated carbocycles. The first kappa shape index (κ1) is 20.7. The van der Waals surface area contributed by atoms with Crippen molar-refractivity contribution in [2.75, 3.05) is 19.1 Å². The normalized spacial score (nSPS) is 19.4. The number of rotatable bonds is 5. The monoisotopic (exact) mass is 446 g/mol. The van der Waals surface area contributed by atoms with E-state index in [1.807, 2.05) is 0 Å². The van der Waals surface area contributed by atoms with Crippen molar-refractivity contribution in [1.29, 1.82) is 0 Å². The Hall–Kier alpha value is -4.20. The van der Waals surface area contributed by atoms with Gasteiger partial charge in [0.25, 0.3) is 17.7 Å². The highest BCUT2D eigenvalue weighted by Gasteiger charge is 2.57. The Morgan fingerprint density at radius 2 is 1.39 bits per heavy atom. The Kier molecular flexibility index (Phi) is 4.85. The molecule has 2 heterocycles. The Morgan fingerprint density at radius 3 is 1.97 bits per heavy atom. The first-order valence-electron chi connectivity index (χ1n) is 10.2. The first-order valence-corrected chi connectivity index (χ1v) is 10.2. The fourth-order valence-electron chi connectivity index (χ4n) is 4.43. The minimum Gasteiger partial charge on any atom is -0.497 e. The lowest BCUT2D eigenvalue weighted by atomic mass is 9.86. The van der Waals surface area contributed by atoms with Gasteiger partial charge in [0.05, 0.1) is 37.1 Å². The maximum atomic E-state index is 13.6. The lowest BCUT2D eigenvalue weighted by Gasteiger charge is -2.50. The summed E-state index contributed by atoms with van der Waals surface area (Å²) in [5.74, 6) is -1.00. The third kappa shape index (κ3) is 3.06. The Bertz CT molecular complexity index is 1260. The van der Waals surface area contributed by atoms with E-state index in [1.54, 1.807) is 54.6 Å². The highest BCUT2D eigenvalue weighted by atomic mass is 19.1. The van der Waals surface area contributed by atoms with Gasteiger partial charge >= 0.3 is 0 Å². The summed E-state index contributed by atoms with van der Waals surface area (Å²) in [6.07, 6.45) is 0. The van der Waals surface area contributed by atoms with E-state index in [9.17, 15) is 18.8 Å². The molecule has 0 unspecified atom stereocenters. The summed E-state index contributed by atoms with van der Waals surface area (Å²) >= 11 is 0. The predicted octanol–water partition coefficient (Wildman–Crippen LogP) is 3.60. The van der Waals surface area contributed by atoms with Crippen LogP contribution in [0.1, 0.15) is 32.3 Å². The van der Waals surface area contributed by atoms with E-state index in [-0.39, 0.29) is 11.1 Å². The van der Waals surface area contributed by atoms with Gasteiger partial charge in [-0.25, -0.2) is 4.39 Å². The van der Waals surface area contributed by atoms with Crippen LogP contribution >= 0.6 is 0 Å². The van der Waals surface area contributed by atoms with E-state index >= 15 is 0 Å². The molecule has 1 fully saturated rings. The van der Waals surface area contributed by atoms with E-state index < -0.39 is 35.6 Å². The second-order valence-corrected chi connectivity index (χ2v) is 7.71. The van der Waals surface area contributed by atoms with E-state index in [4.69, 9.17) is 9.47 Å². The van der Waals surface area contributed by atoms with Gasteiger partial charge in [0.15, 0.2) is 0 Å². The summed E-state index contributed by atoms with van der Waals surface area (Å²) in [5, 5.41) is 0. The van der Waals surface area contributed by atoms with Crippen LogP contribution < -0.4 is 14.4 Å². The van der Waals surface area contributed by atoms with Gasteiger partial charge in [0, 0.05) is 6.07 Å². The molecule has 8 heteroatoms. The average Bonchev–Trinajstić information content (AvgIpc) is 3.08. The average molecular weight is 446 g/mol. The largest absolute Gasteiger partial charge is 0.497 e. The van der Waals surface area contributed by atoms with Gasteiger partial charge in [0.2, 0.25) is 0 Å². The Labute approximate surface area is 188 Å². The van der Waals surface area contributed by atoms with Crippen molar-refractivity contribution in [2.45, 2.75) is 12.1 Å². The number of hydrogen-bond donors (Lipinski definition) is 0. The zero-order chi connectivity index (χ0) is 23.3. The van der Waals surface area contributed by atoms with Crippen LogP contribution in [0, 0.1) is 5.82 Å². The maximum absolute atomic E-state index is 13.6. The van der Waals surface area contributed by atoms with Crippen molar-refractivity contribution < 1.29 is 28.2 Å². The molecule has 5 rings (SSSR count). The summed E-state index contributed by atoms with van der Waals surface area (Å²) in [4.78, 5) is 42.2. The quantitative estimate of drug-likeness (QED) is 0.442. The Morgan fingerprint density at radius 1 is 0.758 bits per heavy atom. The number of nitrogens with zero attached hydrogens (tertiary/aromatic N) is 2. The molecule has 0 spiro atoms. The molecule has 3 amide bonds. The zero-order valence-electron chi connectivity index (χ0n) is 17.8. The number of carbonyl (C=O) groups is 3. The molecule has 7 nitrogen and oxygen atoms in total. The smallest absolute Gasteiger partial charge is 0.262 e. The second kappa shape index (κ2) is 7.74. The van der Waals surface area contributed by atoms with Crippen molar-refractivity contribution in [1.82, 2.24) is 4.90 Å². The van der Waals surface area contributed by atoms with E-state index in [0.29, 0.717) is 22.7 Å². The van der Waals surface area contributed by atoms with Crippen LogP contribution in [0.4, 0.5) is 10.1 Å². The topological polar surface area (TPSA) is 76.2 Å². The standard InChI is InChI=1S/C25H19FN2O5/c1-32-16-11-12-19(20(13-16)33-2)27-21(14-7-9-15(26)10-8-14)22(25(27)31)28-23(29)17-5-3-4-6-18(17)24(28)30/h3-13,21-22H,1-2H3/t21-,22+/m0/s1. The number of β-lactam (4-membered cyclic amide) rings is 1. The van der Waals surface area contributed by atoms with Crippen LogP contribution in [-0.2, 0) is 4.79 Å². The van der Waals surface area contributed by atoms with Crippen molar-refractivity contribution in [2.24, 2.45) is 0 Å². The van der Waals surface area contributed by atoms with Crippen molar-refractivity contribution in [3.63, 3.8) is 0 Å². The molecular weight excluding hydrogens is 427 g/mol. The van der Waals surface area contributed by atoms with E-state index in [2.05, 4.69) is 0 Å². The molecule has 2 atom stereocenters. The summed E-state index contributed by atoms with van der Waals surface area (Å²) in [6.45, 7) is 0. The van der Waals surface area contributed by atoms with Crippen LogP contribution in [0.15, 0.2) is 66.7 Å². The number of fused-ring (bicyclic) bond motifs is 1. The van der Waals surface area contributed by atoms with Gasteiger partial charge < -0.3 is 9.47 Å². The van der Waals surface area contributed by atoms with Gasteiger partial charge in [-0.15, -0.1) is 0 Å². The number of imide groups is 1. The molecule has 3 aromatic carbocycles. The highest BCUT2D eigenvalue weighted by molar-refractivity contribution is 6.24. The minimum absolute atomic E-state index is 0.258. The van der Waals surface area contributed by atoms with Crippen LogP contribution in [0.3, 0.4) is 0 Å². The fourth-order valence-corrected chi connectivity index (χ4v) is 4.43. The molecule has 3 aromatic rings. The zero-order valence-corrected chi connectivity index (χ0v) is 17.8. The highest BCUT2D eigenvalue weighted by Crippen LogP contribution is 2.47. The molecular formula is C25H19FN2O5. The molecule has 0 aliphatic carbocycles. The van der Waals surface area contributed by atoms with Gasteiger partial charge in [-0.1, -0.05) is 24.3 Å². The SMILES string of the molecule is COc1ccc(N2C(=O)[C@H](N3C(=O)c4ccccc4C3=O)[C@@H]2c2ccc(F)cc2)c(OC)c1. The molecule has 0 bridgehead atoms. The van der Waals surface area contributed by atoms with Gasteiger partial charge in [-0.2, -0.15) is 0 Å². The number of hydrogen-bond acceptors (Lipinski definition) is 5. The third-order valence-corrected chi connectivity index (χ3v) is 6.03. The molecule has 33 heavy (non-hydrogen) atoms. The first-order chi connectivity index (χ1) is 16.0. The van der Waals surface area contributed by atoms with E-state index in [0.717, 1.165) is 4.90 Å². The molecule has 1 saturated heterocycles. The summed E-state index contributed by atoms with van der Waals surface area (Å²) in [7, 11) is 2.99. The van der Waals surface area contributed by atoms with Crippen LogP contribution in [-0.4, -0.2) is 42.9 Å².